The van der Waals surface area contributed by atoms with E-state index in [2.05, 4.69) is 10.3 Å². The number of fused-ring (bicyclic) bond motifs is 1. The van der Waals surface area contributed by atoms with Crippen molar-refractivity contribution in [3.63, 3.8) is 0 Å². The summed E-state index contributed by atoms with van der Waals surface area (Å²) >= 11 is 0. The minimum Gasteiger partial charge on any atom is -0.748 e. The van der Waals surface area contributed by atoms with E-state index in [1.807, 2.05) is 0 Å². The first kappa shape index (κ1) is 35.6. The number of carbonyl (C=O) groups excluding carboxylic acids is 1. The molecule has 14 nitrogen and oxygen atoms in total. The molecule has 2 aromatic heterocycles. The average molecular weight is 635 g/mol. The van der Waals surface area contributed by atoms with E-state index < -0.39 is 43.7 Å². The van der Waals surface area contributed by atoms with Gasteiger partial charge in [-0.2, -0.15) is 0 Å². The number of rotatable bonds is 16. The van der Waals surface area contributed by atoms with Crippen LogP contribution in [-0.4, -0.2) is 72.6 Å². The molecule has 0 aliphatic rings. The molecular formula is C25H31N4NaO10S2. The minimum absolute atomic E-state index is 0. The molecule has 0 saturated carbocycles. The molecule has 0 spiro atoms. The zero-order valence-electron chi connectivity index (χ0n) is 23.1. The van der Waals surface area contributed by atoms with Crippen LogP contribution in [0.15, 0.2) is 47.1 Å². The van der Waals surface area contributed by atoms with E-state index in [1.165, 1.54) is 4.90 Å². The van der Waals surface area contributed by atoms with Gasteiger partial charge in [-0.15, -0.1) is 0 Å². The minimum atomic E-state index is -4.47. The summed E-state index contributed by atoms with van der Waals surface area (Å²) in [6.07, 6.45) is 5.18. The summed E-state index contributed by atoms with van der Waals surface area (Å²) < 4.78 is 73.2. The molecule has 0 radical (unpaired) electrons. The van der Waals surface area contributed by atoms with Crippen LogP contribution in [0.25, 0.3) is 22.6 Å². The first-order valence-electron chi connectivity index (χ1n) is 12.8. The third-order valence-corrected chi connectivity index (χ3v) is 7.57. The van der Waals surface area contributed by atoms with Gasteiger partial charge >= 0.3 is 41.6 Å². The van der Waals surface area contributed by atoms with Crippen molar-refractivity contribution in [2.24, 2.45) is 0 Å². The number of carboxylic acid groups (broad SMARTS) is 1. The Hall–Kier alpha value is -2.60. The maximum Gasteiger partial charge on any atom is 1.00 e. The molecule has 0 aliphatic carbocycles. The summed E-state index contributed by atoms with van der Waals surface area (Å²) in [5.41, 5.74) is 1.89. The number of benzene rings is 1. The van der Waals surface area contributed by atoms with Crippen molar-refractivity contribution in [3.05, 3.63) is 42.7 Å². The molecule has 3 aromatic rings. The summed E-state index contributed by atoms with van der Waals surface area (Å²) in [7, 11) is -8.74. The van der Waals surface area contributed by atoms with E-state index in [1.54, 1.807) is 47.3 Å². The number of amides is 2. The van der Waals surface area contributed by atoms with Gasteiger partial charge in [0.25, 0.3) is 0 Å². The number of hydrogen-bond acceptors (Lipinski definition) is 10. The molecule has 0 fully saturated rings. The molecule has 0 unspecified atom stereocenters. The zero-order valence-corrected chi connectivity index (χ0v) is 26.7. The predicted molar refractivity (Wildman–Crippen MR) is 145 cm³/mol. The van der Waals surface area contributed by atoms with Crippen molar-refractivity contribution in [2.45, 2.75) is 45.1 Å². The van der Waals surface area contributed by atoms with Gasteiger partial charge in [-0.1, -0.05) is 6.42 Å². The molecule has 42 heavy (non-hydrogen) atoms. The fourth-order valence-electron chi connectivity index (χ4n) is 3.99. The number of pyridine rings is 1. The van der Waals surface area contributed by atoms with Crippen LogP contribution < -0.4 is 44.3 Å². The molecule has 2 N–H and O–H groups in total. The normalized spacial score (nSPS) is 11.7. The van der Waals surface area contributed by atoms with E-state index in [9.17, 15) is 35.5 Å². The number of hydrogen-bond donors (Lipinski definition) is 2. The van der Waals surface area contributed by atoms with E-state index in [-0.39, 0.29) is 61.9 Å². The number of aromatic nitrogens is 2. The van der Waals surface area contributed by atoms with Crippen molar-refractivity contribution < 1.29 is 79.2 Å². The van der Waals surface area contributed by atoms with Gasteiger partial charge in [0, 0.05) is 66.9 Å². The van der Waals surface area contributed by atoms with Crippen LogP contribution in [0.3, 0.4) is 0 Å². The molecule has 224 valence electrons. The third kappa shape index (κ3) is 12.3. The maximum absolute atomic E-state index is 13.0. The Bertz CT molecular complexity index is 1560. The van der Waals surface area contributed by atoms with Crippen molar-refractivity contribution >= 4 is 49.0 Å². The smallest absolute Gasteiger partial charge is 0.748 e. The Morgan fingerprint density at radius 2 is 1.62 bits per heavy atom. The van der Waals surface area contributed by atoms with Gasteiger partial charge in [0.15, 0.2) is 18.0 Å². The topological polar surface area (TPSA) is 214 Å². The van der Waals surface area contributed by atoms with Gasteiger partial charge in [-0.25, -0.2) is 31.2 Å². The van der Waals surface area contributed by atoms with Crippen LogP contribution >= 0.6 is 0 Å². The molecule has 0 atom stereocenters. The number of carbonyl (C=O) groups is 2. The molecule has 0 aliphatic heterocycles. The van der Waals surface area contributed by atoms with Crippen LogP contribution in [0.2, 0.25) is 0 Å². The summed E-state index contributed by atoms with van der Waals surface area (Å²) in [6.45, 7) is 0.571. The zero-order chi connectivity index (χ0) is 30.0. The van der Waals surface area contributed by atoms with Crippen LogP contribution in [0.4, 0.5) is 10.5 Å². The van der Waals surface area contributed by atoms with E-state index >= 15 is 0 Å². The third-order valence-electron chi connectivity index (χ3n) is 6.00. The van der Waals surface area contributed by atoms with Gasteiger partial charge in [0.1, 0.15) is 12.1 Å². The Kier molecular flexibility index (Phi) is 13.8. The molecule has 17 heteroatoms. The van der Waals surface area contributed by atoms with Gasteiger partial charge in [-0.05, 0) is 31.4 Å². The summed E-state index contributed by atoms with van der Waals surface area (Å²) in [4.78, 5) is 29.3. The first-order valence-corrected chi connectivity index (χ1v) is 16.0. The number of anilines is 1. The van der Waals surface area contributed by atoms with Crippen molar-refractivity contribution in [2.75, 3.05) is 29.5 Å². The largest absolute Gasteiger partial charge is 1.00 e. The monoisotopic (exact) mass is 634 g/mol. The van der Waals surface area contributed by atoms with Crippen LogP contribution in [-0.2, 0) is 31.6 Å². The molecule has 2 amide bonds. The fraction of sp³-hybridized carbons (Fsp3) is 0.440. The Balaban J connectivity index is 0.00000616. The van der Waals surface area contributed by atoms with Crippen LogP contribution in [0, 0.1) is 0 Å². The summed E-state index contributed by atoms with van der Waals surface area (Å²) in [5.74, 6) is -1.69. The first-order chi connectivity index (χ1) is 19.3. The molecule has 0 saturated heterocycles. The van der Waals surface area contributed by atoms with E-state index in [0.717, 1.165) is 0 Å². The Morgan fingerprint density at radius 1 is 0.952 bits per heavy atom. The number of carboxylic acids is 1. The Labute approximate surface area is 265 Å². The van der Waals surface area contributed by atoms with Gasteiger partial charge in [-0.3, -0.25) is 9.69 Å². The van der Waals surface area contributed by atoms with E-state index in [0.29, 0.717) is 54.0 Å². The van der Waals surface area contributed by atoms with Gasteiger partial charge in [0.2, 0.25) is 5.89 Å². The maximum atomic E-state index is 13.0. The second-order valence-corrected chi connectivity index (χ2v) is 12.4. The Morgan fingerprint density at radius 3 is 2.26 bits per heavy atom. The number of aliphatic carboxylic acids is 1. The van der Waals surface area contributed by atoms with Crippen LogP contribution in [0.1, 0.15) is 38.5 Å². The summed E-state index contributed by atoms with van der Waals surface area (Å²) in [5, 5.41) is 11.5. The van der Waals surface area contributed by atoms with Crippen LogP contribution in [0.5, 0.6) is 0 Å². The predicted octanol–water partition coefficient (Wildman–Crippen LogP) is -1.18. The SMILES string of the molecule is O=C(O)CCCCCNC(=O)N(CCCS(=O)(=O)[O-])c1ccc2nc(-c3cc[n+](CCCS(=O)(=O)[O-])cc3)oc2c1.[Na+]. The average Bonchev–Trinajstić information content (AvgIpc) is 3.31. The van der Waals surface area contributed by atoms with E-state index in [4.69, 9.17) is 9.52 Å². The standard InChI is InChI=1S/C25H32N4O10S2.Na/c30-23(31)6-2-1-3-11-26-25(32)29(13-5-17-41(36,37)38)20-7-8-21-22(18-20)39-24(27-21)19-9-14-28(15-10-19)12-4-16-40(33,34)35;/h7-10,14-15,18H,1-6,11-13,16-17H2,(H3-,26,30,31,32,33,34,35,36,37,38);/q;+1/p-1. The van der Waals surface area contributed by atoms with Crippen molar-refractivity contribution in [3.8, 4) is 11.5 Å². The molecular weight excluding hydrogens is 603 g/mol. The molecule has 1 aromatic carbocycles. The number of nitrogens with one attached hydrogen (secondary N) is 1. The number of aryl methyl sites for hydroxylation is 1. The molecule has 3 rings (SSSR count). The second-order valence-electron chi connectivity index (χ2n) is 9.31. The van der Waals surface area contributed by atoms with Crippen molar-refractivity contribution in [1.82, 2.24) is 10.3 Å². The molecule has 2 heterocycles. The number of urea groups is 1. The number of oxazole rings is 1. The van der Waals surface area contributed by atoms with Gasteiger partial charge in [0.05, 0.1) is 20.2 Å². The number of unbranched alkanes of at least 4 members (excludes halogenated alkanes) is 2. The second kappa shape index (κ2) is 16.3. The quantitative estimate of drug-likeness (QED) is 0.0828. The molecule has 0 bridgehead atoms. The summed E-state index contributed by atoms with van der Waals surface area (Å²) in [6, 6.07) is 7.77. The van der Waals surface area contributed by atoms with Crippen molar-refractivity contribution in [1.29, 1.82) is 0 Å². The fourth-order valence-corrected chi connectivity index (χ4v) is 4.96. The van der Waals surface area contributed by atoms with Gasteiger partial charge < -0.3 is 23.9 Å². The number of nitrogens with zero attached hydrogens (tertiary/aromatic N) is 3.